The fraction of sp³-hybridized carbons (Fsp3) is 0.533. The van der Waals surface area contributed by atoms with Gasteiger partial charge in [0, 0.05) is 25.6 Å². The van der Waals surface area contributed by atoms with Crippen molar-refractivity contribution < 1.29 is 18.0 Å². The van der Waals surface area contributed by atoms with Crippen molar-refractivity contribution in [3.63, 3.8) is 0 Å². The van der Waals surface area contributed by atoms with Crippen molar-refractivity contribution in [3.8, 4) is 0 Å². The summed E-state index contributed by atoms with van der Waals surface area (Å²) in [5, 5.41) is 3.17. The summed E-state index contributed by atoms with van der Waals surface area (Å²) >= 11 is 0. The highest BCUT2D eigenvalue weighted by molar-refractivity contribution is 7.92. The average molecular weight is 542 g/mol. The Bertz CT molecular complexity index is 1220. The van der Waals surface area contributed by atoms with Crippen molar-refractivity contribution in [2.75, 3.05) is 17.1 Å². The number of sulfonamides is 1. The van der Waals surface area contributed by atoms with Gasteiger partial charge in [0.15, 0.2) is 0 Å². The van der Waals surface area contributed by atoms with Crippen LogP contribution in [-0.4, -0.2) is 50.0 Å². The number of rotatable bonds is 12. The minimum absolute atomic E-state index is 0.102. The second-order valence-corrected chi connectivity index (χ2v) is 12.4. The second kappa shape index (κ2) is 13.3. The van der Waals surface area contributed by atoms with Gasteiger partial charge < -0.3 is 10.2 Å². The summed E-state index contributed by atoms with van der Waals surface area (Å²) in [5.41, 5.74) is 4.62. The number of anilines is 1. The lowest BCUT2D eigenvalue weighted by Crippen LogP contribution is -2.51. The van der Waals surface area contributed by atoms with Gasteiger partial charge >= 0.3 is 0 Å². The summed E-state index contributed by atoms with van der Waals surface area (Å²) in [6, 6.07) is 13.1. The van der Waals surface area contributed by atoms with Gasteiger partial charge in [0.25, 0.3) is 0 Å². The van der Waals surface area contributed by atoms with Gasteiger partial charge in [-0.25, -0.2) is 8.42 Å². The molecule has 208 valence electrons. The van der Waals surface area contributed by atoms with E-state index >= 15 is 0 Å². The van der Waals surface area contributed by atoms with Crippen molar-refractivity contribution in [1.82, 2.24) is 10.2 Å². The van der Waals surface area contributed by atoms with Gasteiger partial charge in [-0.15, -0.1) is 0 Å². The highest BCUT2D eigenvalue weighted by Crippen LogP contribution is 2.26. The lowest BCUT2D eigenvalue weighted by atomic mass is 10.0. The average Bonchev–Trinajstić information content (AvgIpc) is 3.37. The van der Waals surface area contributed by atoms with E-state index in [9.17, 15) is 18.0 Å². The normalized spacial score (nSPS) is 14.8. The molecule has 1 aliphatic rings. The van der Waals surface area contributed by atoms with Gasteiger partial charge in [-0.05, 0) is 74.8 Å². The van der Waals surface area contributed by atoms with Crippen molar-refractivity contribution in [3.05, 3.63) is 64.7 Å². The first-order valence-corrected chi connectivity index (χ1v) is 15.6. The molecule has 1 atom stereocenters. The minimum atomic E-state index is -3.53. The third kappa shape index (κ3) is 7.59. The van der Waals surface area contributed by atoms with Gasteiger partial charge in [0.2, 0.25) is 21.8 Å². The number of carbonyl (C=O) groups is 2. The van der Waals surface area contributed by atoms with E-state index in [-0.39, 0.29) is 30.8 Å². The molecule has 3 rings (SSSR count). The highest BCUT2D eigenvalue weighted by Gasteiger charge is 2.31. The van der Waals surface area contributed by atoms with Crippen LogP contribution < -0.4 is 9.62 Å². The van der Waals surface area contributed by atoms with E-state index in [0.29, 0.717) is 25.1 Å². The Morgan fingerprint density at radius 2 is 1.66 bits per heavy atom. The molecular weight excluding hydrogens is 498 g/mol. The highest BCUT2D eigenvalue weighted by atomic mass is 32.2. The SMILES string of the molecule is CC[C@H](C(=O)NC1CCCC1)N(Cc1ccccc1C)C(=O)CCCN(c1cccc(C)c1C)S(C)(=O)=O. The third-order valence-electron chi connectivity index (χ3n) is 7.69. The summed E-state index contributed by atoms with van der Waals surface area (Å²) in [5.74, 6) is -0.245. The smallest absolute Gasteiger partial charge is 0.243 e. The summed E-state index contributed by atoms with van der Waals surface area (Å²) in [7, 11) is -3.53. The molecule has 2 aromatic carbocycles. The van der Waals surface area contributed by atoms with Crippen LogP contribution in [0.4, 0.5) is 5.69 Å². The third-order valence-corrected chi connectivity index (χ3v) is 8.87. The molecule has 1 fully saturated rings. The Morgan fingerprint density at radius 1 is 1.00 bits per heavy atom. The Hall–Kier alpha value is -2.87. The van der Waals surface area contributed by atoms with Gasteiger partial charge in [0.1, 0.15) is 6.04 Å². The summed E-state index contributed by atoms with van der Waals surface area (Å²) in [6.45, 7) is 8.34. The van der Waals surface area contributed by atoms with Gasteiger partial charge in [-0.3, -0.25) is 13.9 Å². The number of hydrogen-bond donors (Lipinski definition) is 1. The Balaban J connectivity index is 1.79. The van der Waals surface area contributed by atoms with E-state index in [1.54, 1.807) is 11.0 Å². The fourth-order valence-electron chi connectivity index (χ4n) is 5.25. The molecule has 0 heterocycles. The standard InChI is InChI=1S/C30H43N3O4S/c1-6-27(30(35)31-26-16-9-10-17-26)32(21-25-15-8-7-13-23(25)3)29(34)19-12-20-33(38(5,36)37)28-18-11-14-22(2)24(28)4/h7-8,11,13-15,18,26-27H,6,9-10,12,16-17,19-21H2,1-5H3,(H,31,35)/t27-/m1/s1. The maximum Gasteiger partial charge on any atom is 0.243 e. The Kier molecular flexibility index (Phi) is 10.4. The zero-order valence-electron chi connectivity index (χ0n) is 23.5. The van der Waals surface area contributed by atoms with Gasteiger partial charge in [0.05, 0.1) is 11.9 Å². The number of carbonyl (C=O) groups excluding carboxylic acids is 2. The van der Waals surface area contributed by atoms with E-state index in [1.807, 2.05) is 64.1 Å². The Labute approximate surface area is 228 Å². The van der Waals surface area contributed by atoms with E-state index in [0.717, 1.165) is 47.9 Å². The monoisotopic (exact) mass is 541 g/mol. The fourth-order valence-corrected chi connectivity index (χ4v) is 6.26. The van der Waals surface area contributed by atoms with E-state index in [1.165, 1.54) is 10.6 Å². The minimum Gasteiger partial charge on any atom is -0.352 e. The molecule has 2 amide bonds. The molecule has 0 bridgehead atoms. The maximum atomic E-state index is 13.7. The van der Waals surface area contributed by atoms with Crippen molar-refractivity contribution in [1.29, 1.82) is 0 Å². The lowest BCUT2D eigenvalue weighted by molar-refractivity contribution is -0.141. The number of nitrogens with one attached hydrogen (secondary N) is 1. The van der Waals surface area contributed by atoms with E-state index < -0.39 is 16.1 Å². The zero-order chi connectivity index (χ0) is 27.9. The summed E-state index contributed by atoms with van der Waals surface area (Å²) in [6.07, 6.45) is 6.40. The molecule has 8 heteroatoms. The molecule has 0 aliphatic heterocycles. The molecule has 1 aliphatic carbocycles. The molecule has 0 saturated heterocycles. The summed E-state index contributed by atoms with van der Waals surface area (Å²) < 4.78 is 26.7. The van der Waals surface area contributed by atoms with Crippen LogP contribution in [-0.2, 0) is 26.2 Å². The lowest BCUT2D eigenvalue weighted by Gasteiger charge is -2.32. The first-order valence-electron chi connectivity index (χ1n) is 13.7. The Morgan fingerprint density at radius 3 is 2.29 bits per heavy atom. The number of nitrogens with zero attached hydrogens (tertiary/aromatic N) is 2. The molecule has 7 nitrogen and oxygen atoms in total. The topological polar surface area (TPSA) is 86.8 Å². The van der Waals surface area contributed by atoms with Crippen molar-refractivity contribution >= 4 is 27.5 Å². The number of benzene rings is 2. The molecule has 0 spiro atoms. The molecule has 1 N–H and O–H groups in total. The quantitative estimate of drug-likeness (QED) is 0.409. The predicted octanol–water partition coefficient (Wildman–Crippen LogP) is 5.02. The number of hydrogen-bond acceptors (Lipinski definition) is 4. The van der Waals surface area contributed by atoms with Crippen LogP contribution in [0.25, 0.3) is 0 Å². The summed E-state index contributed by atoms with van der Waals surface area (Å²) in [4.78, 5) is 28.7. The largest absolute Gasteiger partial charge is 0.352 e. The predicted molar refractivity (Wildman–Crippen MR) is 154 cm³/mol. The van der Waals surface area contributed by atoms with Crippen LogP contribution in [0.15, 0.2) is 42.5 Å². The van der Waals surface area contributed by atoms with Crippen LogP contribution in [0, 0.1) is 20.8 Å². The van der Waals surface area contributed by atoms with Crippen molar-refractivity contribution in [2.45, 2.75) is 91.3 Å². The molecule has 0 unspecified atom stereocenters. The number of aryl methyl sites for hydroxylation is 2. The molecule has 0 radical (unpaired) electrons. The van der Waals surface area contributed by atoms with E-state index in [4.69, 9.17) is 0 Å². The van der Waals surface area contributed by atoms with Crippen LogP contribution in [0.2, 0.25) is 0 Å². The number of amides is 2. The maximum absolute atomic E-state index is 13.7. The molecule has 1 saturated carbocycles. The van der Waals surface area contributed by atoms with E-state index in [2.05, 4.69) is 5.32 Å². The first kappa shape index (κ1) is 29.7. The van der Waals surface area contributed by atoms with Gasteiger partial charge in [-0.2, -0.15) is 0 Å². The molecular formula is C30H43N3O4S. The van der Waals surface area contributed by atoms with Crippen LogP contribution in [0.5, 0.6) is 0 Å². The van der Waals surface area contributed by atoms with Gasteiger partial charge in [-0.1, -0.05) is 56.2 Å². The first-order chi connectivity index (χ1) is 18.0. The molecule has 38 heavy (non-hydrogen) atoms. The van der Waals surface area contributed by atoms with Crippen LogP contribution >= 0.6 is 0 Å². The molecule has 2 aromatic rings. The van der Waals surface area contributed by atoms with Crippen LogP contribution in [0.1, 0.15) is 74.1 Å². The zero-order valence-corrected chi connectivity index (χ0v) is 24.3. The van der Waals surface area contributed by atoms with Crippen molar-refractivity contribution in [2.24, 2.45) is 0 Å². The van der Waals surface area contributed by atoms with Crippen LogP contribution in [0.3, 0.4) is 0 Å². The molecule has 0 aromatic heterocycles. The second-order valence-electron chi connectivity index (χ2n) is 10.5.